The van der Waals surface area contributed by atoms with Gasteiger partial charge in [0, 0.05) is 18.4 Å². The zero-order valence-electron chi connectivity index (χ0n) is 9.41. The highest BCUT2D eigenvalue weighted by Crippen LogP contribution is 2.30. The first-order valence-electron chi connectivity index (χ1n) is 5.41. The molecule has 3 heteroatoms. The van der Waals surface area contributed by atoms with E-state index in [4.69, 9.17) is 11.6 Å². The first-order chi connectivity index (χ1) is 8.19. The SMILES string of the molecule is CCc1cc(Sc2ccc(I)cc2)ccc1Cl. The lowest BCUT2D eigenvalue weighted by Crippen LogP contribution is -1.83. The summed E-state index contributed by atoms with van der Waals surface area (Å²) in [4.78, 5) is 2.50. The van der Waals surface area contributed by atoms with Gasteiger partial charge < -0.3 is 0 Å². The van der Waals surface area contributed by atoms with E-state index in [2.05, 4.69) is 65.9 Å². The second-order valence-corrected chi connectivity index (χ2v) is 6.46. The molecule has 0 nitrogen and oxygen atoms in total. The van der Waals surface area contributed by atoms with Crippen molar-refractivity contribution < 1.29 is 0 Å². The molecule has 0 heterocycles. The van der Waals surface area contributed by atoms with Crippen molar-refractivity contribution in [3.8, 4) is 0 Å². The fraction of sp³-hybridized carbons (Fsp3) is 0.143. The predicted octanol–water partition coefficient (Wildman–Crippen LogP) is 5.66. The molecule has 0 spiro atoms. The van der Waals surface area contributed by atoms with E-state index in [1.165, 1.54) is 18.9 Å². The summed E-state index contributed by atoms with van der Waals surface area (Å²) < 4.78 is 1.26. The Morgan fingerprint density at radius 3 is 2.35 bits per heavy atom. The van der Waals surface area contributed by atoms with Crippen LogP contribution in [0.25, 0.3) is 0 Å². The molecule has 0 amide bonds. The Morgan fingerprint density at radius 2 is 1.71 bits per heavy atom. The summed E-state index contributed by atoms with van der Waals surface area (Å²) in [6.45, 7) is 2.13. The van der Waals surface area contributed by atoms with Gasteiger partial charge in [0.2, 0.25) is 0 Å². The van der Waals surface area contributed by atoms with Crippen LogP contribution in [-0.2, 0) is 6.42 Å². The highest BCUT2D eigenvalue weighted by molar-refractivity contribution is 14.1. The smallest absolute Gasteiger partial charge is 0.0438 e. The van der Waals surface area contributed by atoms with Crippen molar-refractivity contribution in [3.05, 3.63) is 56.6 Å². The van der Waals surface area contributed by atoms with Crippen LogP contribution in [0.1, 0.15) is 12.5 Å². The Hall–Kier alpha value is -0.190. The first-order valence-corrected chi connectivity index (χ1v) is 7.68. The lowest BCUT2D eigenvalue weighted by molar-refractivity contribution is 1.12. The highest BCUT2D eigenvalue weighted by Gasteiger charge is 2.02. The molecular formula is C14H12ClIS. The molecule has 0 unspecified atom stereocenters. The van der Waals surface area contributed by atoms with E-state index in [-0.39, 0.29) is 0 Å². The van der Waals surface area contributed by atoms with Gasteiger partial charge >= 0.3 is 0 Å². The first kappa shape index (κ1) is 13.2. The molecule has 2 aromatic carbocycles. The van der Waals surface area contributed by atoms with Crippen molar-refractivity contribution in [2.24, 2.45) is 0 Å². The average molecular weight is 375 g/mol. The standard InChI is InChI=1S/C14H12ClIS/c1-2-10-9-13(7-8-14(10)15)17-12-5-3-11(16)4-6-12/h3-9H,2H2,1H3. The van der Waals surface area contributed by atoms with Gasteiger partial charge in [-0.25, -0.2) is 0 Å². The quantitative estimate of drug-likeness (QED) is 0.625. The average Bonchev–Trinajstić information content (AvgIpc) is 2.34. The van der Waals surface area contributed by atoms with Gasteiger partial charge in [0.05, 0.1) is 0 Å². The molecule has 88 valence electrons. The highest BCUT2D eigenvalue weighted by atomic mass is 127. The molecule has 0 atom stereocenters. The number of aryl methyl sites for hydroxylation is 1. The normalized spacial score (nSPS) is 10.5. The van der Waals surface area contributed by atoms with Gasteiger partial charge in [-0.2, -0.15) is 0 Å². The van der Waals surface area contributed by atoms with E-state index in [1.807, 2.05) is 6.07 Å². The Bertz CT molecular complexity index is 508. The second-order valence-electron chi connectivity index (χ2n) is 3.66. The Labute approximate surface area is 125 Å². The largest absolute Gasteiger partial charge is 0.0901 e. The van der Waals surface area contributed by atoms with Gasteiger partial charge in [-0.15, -0.1) is 0 Å². The van der Waals surface area contributed by atoms with Gasteiger partial charge in [0.1, 0.15) is 0 Å². The molecule has 0 radical (unpaired) electrons. The van der Waals surface area contributed by atoms with Crippen LogP contribution < -0.4 is 0 Å². The minimum absolute atomic E-state index is 0.861. The second kappa shape index (κ2) is 6.12. The van der Waals surface area contributed by atoms with Crippen molar-refractivity contribution >= 4 is 46.0 Å². The Balaban J connectivity index is 2.21. The molecule has 17 heavy (non-hydrogen) atoms. The minimum atomic E-state index is 0.861. The van der Waals surface area contributed by atoms with E-state index in [0.29, 0.717) is 0 Å². The van der Waals surface area contributed by atoms with Crippen LogP contribution in [0.3, 0.4) is 0 Å². The number of hydrogen-bond donors (Lipinski definition) is 0. The van der Waals surface area contributed by atoms with Gasteiger partial charge in [-0.05, 0) is 77.0 Å². The zero-order valence-corrected chi connectivity index (χ0v) is 13.1. The maximum Gasteiger partial charge on any atom is 0.0438 e. The van der Waals surface area contributed by atoms with E-state index >= 15 is 0 Å². The fourth-order valence-corrected chi connectivity index (χ4v) is 3.02. The molecule has 0 bridgehead atoms. The molecule has 0 aliphatic carbocycles. The Morgan fingerprint density at radius 1 is 1.06 bits per heavy atom. The molecule has 0 N–H and O–H groups in total. The van der Waals surface area contributed by atoms with Crippen molar-refractivity contribution in [1.82, 2.24) is 0 Å². The van der Waals surface area contributed by atoms with Gasteiger partial charge in [0.15, 0.2) is 0 Å². The maximum absolute atomic E-state index is 6.11. The molecule has 0 saturated carbocycles. The van der Waals surface area contributed by atoms with Crippen LogP contribution in [0.5, 0.6) is 0 Å². The van der Waals surface area contributed by atoms with Gasteiger partial charge in [-0.3, -0.25) is 0 Å². The van der Waals surface area contributed by atoms with Crippen LogP contribution in [0.15, 0.2) is 52.3 Å². The lowest BCUT2D eigenvalue weighted by Gasteiger charge is -2.06. The number of hydrogen-bond acceptors (Lipinski definition) is 1. The van der Waals surface area contributed by atoms with Crippen LogP contribution in [0, 0.1) is 3.57 Å². The summed E-state index contributed by atoms with van der Waals surface area (Å²) in [5.74, 6) is 0. The molecule has 0 aliphatic rings. The lowest BCUT2D eigenvalue weighted by atomic mass is 10.2. The topological polar surface area (TPSA) is 0 Å². The van der Waals surface area contributed by atoms with E-state index in [0.717, 1.165) is 11.4 Å². The third-order valence-electron chi connectivity index (χ3n) is 2.45. The van der Waals surface area contributed by atoms with Crippen molar-refractivity contribution in [3.63, 3.8) is 0 Å². The third-order valence-corrected chi connectivity index (χ3v) is 4.53. The third kappa shape index (κ3) is 3.63. The molecule has 2 aromatic rings. The summed E-state index contributed by atoms with van der Waals surface area (Å²) in [7, 11) is 0. The zero-order chi connectivity index (χ0) is 12.3. The van der Waals surface area contributed by atoms with Crippen molar-refractivity contribution in [2.45, 2.75) is 23.1 Å². The molecule has 0 aliphatic heterocycles. The molecule has 0 saturated heterocycles. The van der Waals surface area contributed by atoms with Crippen LogP contribution in [0.2, 0.25) is 5.02 Å². The summed E-state index contributed by atoms with van der Waals surface area (Å²) in [5.41, 5.74) is 1.21. The number of benzene rings is 2. The van der Waals surface area contributed by atoms with E-state index in [9.17, 15) is 0 Å². The fourth-order valence-electron chi connectivity index (χ4n) is 1.52. The van der Waals surface area contributed by atoms with E-state index in [1.54, 1.807) is 11.8 Å². The molecule has 2 rings (SSSR count). The minimum Gasteiger partial charge on any atom is -0.0901 e. The van der Waals surface area contributed by atoms with Crippen LogP contribution in [-0.4, -0.2) is 0 Å². The van der Waals surface area contributed by atoms with Crippen LogP contribution >= 0.6 is 46.0 Å². The van der Waals surface area contributed by atoms with Gasteiger partial charge in [0.25, 0.3) is 0 Å². The van der Waals surface area contributed by atoms with Crippen molar-refractivity contribution in [2.75, 3.05) is 0 Å². The summed E-state index contributed by atoms with van der Waals surface area (Å²) in [6, 6.07) is 14.8. The predicted molar refractivity (Wildman–Crippen MR) is 84.1 cm³/mol. The maximum atomic E-state index is 6.11. The molecule has 0 fully saturated rings. The number of rotatable bonds is 3. The Kier molecular flexibility index (Phi) is 4.77. The summed E-state index contributed by atoms with van der Waals surface area (Å²) in [5, 5.41) is 0.861. The molecular weight excluding hydrogens is 363 g/mol. The summed E-state index contributed by atoms with van der Waals surface area (Å²) >= 11 is 10.2. The van der Waals surface area contributed by atoms with E-state index < -0.39 is 0 Å². The van der Waals surface area contributed by atoms with Gasteiger partial charge in [-0.1, -0.05) is 30.3 Å². The monoisotopic (exact) mass is 374 g/mol. The van der Waals surface area contributed by atoms with Crippen LogP contribution in [0.4, 0.5) is 0 Å². The molecule has 0 aromatic heterocycles. The van der Waals surface area contributed by atoms with Crippen molar-refractivity contribution in [1.29, 1.82) is 0 Å². The number of halogens is 2. The summed E-state index contributed by atoms with van der Waals surface area (Å²) in [6.07, 6.45) is 0.972.